The van der Waals surface area contributed by atoms with Crippen LogP contribution in [0, 0.1) is 0 Å². The largest absolute Gasteiger partial charge is 0.469 e. The Morgan fingerprint density at radius 3 is 0.887 bits per heavy atom. The zero-order valence-corrected chi connectivity index (χ0v) is 37.6. The quantitative estimate of drug-likeness (QED) is 0.0567. The van der Waals surface area contributed by atoms with Gasteiger partial charge in [-0.15, -0.1) is 0 Å². The van der Waals surface area contributed by atoms with Crippen LogP contribution in [0.1, 0.15) is 0 Å². The van der Waals surface area contributed by atoms with Crippen LogP contribution in [0.3, 0.4) is 0 Å². The molecule has 0 spiro atoms. The van der Waals surface area contributed by atoms with Crippen molar-refractivity contribution in [1.29, 1.82) is 0 Å². The van der Waals surface area contributed by atoms with E-state index in [-0.39, 0.29) is 0 Å². The van der Waals surface area contributed by atoms with Crippen LogP contribution in [0.5, 0.6) is 0 Å². The maximum Gasteiger partial charge on any atom is 0.469 e. The summed E-state index contributed by atoms with van der Waals surface area (Å²) in [5.41, 5.74) is 0. The fourth-order valence-corrected chi connectivity index (χ4v) is 8.98. The molecule has 0 aromatic carbocycles. The molecule has 0 aromatic rings. The van der Waals surface area contributed by atoms with Gasteiger partial charge in [0.15, 0.2) is 37.7 Å². The second kappa shape index (κ2) is 24.9. The summed E-state index contributed by atoms with van der Waals surface area (Å²) in [5, 5.41) is 203. The van der Waals surface area contributed by atoms with Gasteiger partial charge < -0.3 is 159 Å². The summed E-state index contributed by atoms with van der Waals surface area (Å²) < 4.78 is 76.0. The zero-order valence-electron chi connectivity index (χ0n) is 36.7. The van der Waals surface area contributed by atoms with Gasteiger partial charge in [0.1, 0.15) is 146 Å². The lowest BCUT2D eigenvalue weighted by Gasteiger charge is -2.50. The number of rotatable bonds is 18. The molecule has 6 heterocycles. The van der Waals surface area contributed by atoms with Gasteiger partial charge in [-0.1, -0.05) is 0 Å². The average Bonchev–Trinajstić information content (AvgIpc) is 3.33. The minimum atomic E-state index is -5.17. The molecule has 0 bridgehead atoms. The molecule has 0 radical (unpaired) electrons. The molecule has 71 heavy (non-hydrogen) atoms. The highest BCUT2D eigenvalue weighted by atomic mass is 31.2. The molecule has 0 aromatic heterocycles. The van der Waals surface area contributed by atoms with Crippen molar-refractivity contribution in [3.05, 3.63) is 0 Å². The molecule has 6 saturated heterocycles. The number of aliphatic hydroxyl groups is 19. The van der Waals surface area contributed by atoms with Crippen molar-refractivity contribution >= 4 is 7.82 Å². The molecule has 30 atom stereocenters. The van der Waals surface area contributed by atoms with E-state index in [4.69, 9.17) is 61.9 Å². The predicted octanol–water partition coefficient (Wildman–Crippen LogP) is -14.0. The van der Waals surface area contributed by atoms with Crippen LogP contribution in [-0.2, 0) is 61.2 Å². The van der Waals surface area contributed by atoms with Crippen molar-refractivity contribution in [2.24, 2.45) is 0 Å². The molecule has 6 rings (SSSR count). The van der Waals surface area contributed by atoms with E-state index in [1.807, 2.05) is 0 Å². The summed E-state index contributed by atoms with van der Waals surface area (Å²) >= 11 is 0. The first kappa shape index (κ1) is 59.2. The third kappa shape index (κ3) is 12.9. The monoisotopic (exact) mass is 1070 g/mol. The lowest BCUT2D eigenvalue weighted by Crippen LogP contribution is -2.68. The summed E-state index contributed by atoms with van der Waals surface area (Å²) in [6.07, 6.45) is -60.7. The summed E-state index contributed by atoms with van der Waals surface area (Å²) in [6, 6.07) is 0. The maximum atomic E-state index is 11.6. The van der Waals surface area contributed by atoms with Crippen LogP contribution < -0.4 is 0 Å². The molecular weight excluding hydrogens is 1010 g/mol. The highest BCUT2D eigenvalue weighted by molar-refractivity contribution is 7.46. The second-order valence-corrected chi connectivity index (χ2v) is 18.6. The Bertz CT molecular complexity index is 1690. The van der Waals surface area contributed by atoms with Crippen molar-refractivity contribution in [3.8, 4) is 0 Å². The summed E-state index contributed by atoms with van der Waals surface area (Å²) in [4.78, 5) is 18.2. The van der Waals surface area contributed by atoms with Crippen molar-refractivity contribution < 1.29 is 168 Å². The first-order valence-electron chi connectivity index (χ1n) is 21.9. The highest BCUT2D eigenvalue weighted by Gasteiger charge is 2.58. The van der Waals surface area contributed by atoms with Gasteiger partial charge in [-0.3, -0.25) is 4.52 Å². The normalized spacial score (nSPS) is 51.3. The first-order valence-corrected chi connectivity index (χ1v) is 23.4. The Labute approximate surface area is 399 Å². The fourth-order valence-electron chi connectivity index (χ4n) is 8.64. The van der Waals surface area contributed by atoms with Crippen LogP contribution in [0.2, 0.25) is 0 Å². The second-order valence-electron chi connectivity index (χ2n) is 17.4. The van der Waals surface area contributed by atoms with Crippen LogP contribution in [0.15, 0.2) is 0 Å². The smallest absolute Gasteiger partial charge is 0.394 e. The molecule has 35 heteroatoms. The van der Waals surface area contributed by atoms with E-state index in [1.54, 1.807) is 0 Å². The van der Waals surface area contributed by atoms with Gasteiger partial charge in [-0.2, -0.15) is 0 Å². The Kier molecular flexibility index (Phi) is 20.8. The molecule has 0 saturated carbocycles. The predicted molar refractivity (Wildman–Crippen MR) is 210 cm³/mol. The minimum absolute atomic E-state index is 0.838. The van der Waals surface area contributed by atoms with Crippen LogP contribution >= 0.6 is 7.82 Å². The Morgan fingerprint density at radius 2 is 0.577 bits per heavy atom. The van der Waals surface area contributed by atoms with Gasteiger partial charge in [0.05, 0.1) is 39.6 Å². The SMILES string of the molecule is O=P(O)(O)OC[C@H]1O[C@H](O[C@@H]2[C@H](O)[C@@H](O[C@@H]3[C@H](O)[C@@H](O[C@@H]4[C@H](O)[C@@H](O[C@@H]5[C@H](O)[C@@H](O[C@H]6[C@@H](O)[C@H](O)[C@@H](CO)O[C@@H]6O)O[C@H](CO)[C@H]5O)O[C@H](CO)[C@H]4O)O[C@H](CO)[C@H]3O)O[C@H](CO)[C@H]2O)[C@@H](O)[C@@H](O)[C@@H]1O. The van der Waals surface area contributed by atoms with Gasteiger partial charge in [0, 0.05) is 0 Å². The Balaban J connectivity index is 1.18. The molecule has 0 aliphatic carbocycles. The van der Waals surface area contributed by atoms with Gasteiger partial charge in [0.25, 0.3) is 0 Å². The van der Waals surface area contributed by atoms with Gasteiger partial charge in [-0.05, 0) is 0 Å². The molecule has 416 valence electrons. The molecule has 6 aliphatic heterocycles. The topological polar surface area (TPSA) is 553 Å². The average molecular weight is 1070 g/mol. The molecule has 34 nitrogen and oxygen atoms in total. The summed E-state index contributed by atoms with van der Waals surface area (Å²) in [5.74, 6) is 0. The van der Waals surface area contributed by atoms with Crippen molar-refractivity contribution in [2.45, 2.75) is 184 Å². The summed E-state index contributed by atoms with van der Waals surface area (Å²) in [6.45, 7) is -6.13. The molecule has 0 unspecified atom stereocenters. The number of ether oxygens (including phenoxy) is 11. The van der Waals surface area contributed by atoms with E-state index < -0.39 is 232 Å². The number of phosphoric ester groups is 1. The third-order valence-electron chi connectivity index (χ3n) is 12.7. The number of aliphatic hydroxyl groups excluding tert-OH is 19. The standard InChI is InChI=1S/C36H63O34P/c37-1-7-13(42)20(49)30(31(55)60-7)70-36-25(54)29(18(47)11(5-41)64-36)69-35-24(53)28(17(46)10(4-40)63-35)68-34-23(52)27(16(45)9(3-39)62-34)67-33-22(51)26(15(44)8(2-38)61-33)66-32-21(50)19(48)14(43)12(65-32)6-59-71(56,57)58/h7-55H,1-6H2,(H2,56,57,58)/t7-,8-,9-,10-,11-,12-,13-,14-,15-,16-,17-,18-,19+,20+,21+,22+,23+,24+,25+,26+,27+,28+,29+,30+,31+,32-,33-,34-,35-,36-/m1/s1. The lowest BCUT2D eigenvalue weighted by atomic mass is 9.95. The van der Waals surface area contributed by atoms with E-state index in [9.17, 15) is 102 Å². The third-order valence-corrected chi connectivity index (χ3v) is 13.1. The lowest BCUT2D eigenvalue weighted by molar-refractivity contribution is -0.399. The van der Waals surface area contributed by atoms with Crippen molar-refractivity contribution in [1.82, 2.24) is 0 Å². The van der Waals surface area contributed by atoms with E-state index in [0.29, 0.717) is 0 Å². The fraction of sp³-hybridized carbons (Fsp3) is 1.00. The molecule has 6 aliphatic rings. The van der Waals surface area contributed by atoms with Gasteiger partial charge in [0.2, 0.25) is 0 Å². The van der Waals surface area contributed by atoms with E-state index in [0.717, 1.165) is 0 Å². The van der Waals surface area contributed by atoms with Crippen molar-refractivity contribution in [3.63, 3.8) is 0 Å². The molecule has 6 fully saturated rings. The Hall–Kier alpha value is -1.09. The van der Waals surface area contributed by atoms with Gasteiger partial charge in [-0.25, -0.2) is 4.57 Å². The number of phosphoric acid groups is 1. The zero-order chi connectivity index (χ0) is 52.5. The molecule has 21 N–H and O–H groups in total. The first-order chi connectivity index (χ1) is 33.4. The van der Waals surface area contributed by atoms with Gasteiger partial charge >= 0.3 is 7.82 Å². The van der Waals surface area contributed by atoms with Crippen LogP contribution in [0.4, 0.5) is 0 Å². The Morgan fingerprint density at radius 1 is 0.310 bits per heavy atom. The minimum Gasteiger partial charge on any atom is -0.394 e. The van der Waals surface area contributed by atoms with Crippen molar-refractivity contribution in [2.75, 3.05) is 39.6 Å². The highest BCUT2D eigenvalue weighted by Crippen LogP contribution is 2.39. The molecule has 0 amide bonds. The van der Waals surface area contributed by atoms with E-state index in [2.05, 4.69) is 4.52 Å². The van der Waals surface area contributed by atoms with Crippen LogP contribution in [0.25, 0.3) is 0 Å². The maximum absolute atomic E-state index is 11.6. The van der Waals surface area contributed by atoms with Crippen LogP contribution in [-0.4, -0.2) is 331 Å². The number of hydrogen-bond donors (Lipinski definition) is 21. The molecular formula is C36H63O34P. The van der Waals surface area contributed by atoms with E-state index >= 15 is 0 Å². The number of hydrogen-bond acceptors (Lipinski definition) is 32. The summed E-state index contributed by atoms with van der Waals surface area (Å²) in [7, 11) is -5.17. The van der Waals surface area contributed by atoms with E-state index in [1.165, 1.54) is 0 Å².